The molecular formula is C13H20N2O4. The monoisotopic (exact) mass is 268 g/mol. The van der Waals surface area contributed by atoms with Gasteiger partial charge in [0, 0.05) is 19.1 Å². The number of fused-ring (bicyclic) bond motifs is 2. The summed E-state index contributed by atoms with van der Waals surface area (Å²) in [4.78, 5) is 27.1. The molecule has 3 atom stereocenters. The molecule has 6 heteroatoms. The molecule has 106 valence electrons. The number of morpholine rings is 1. The minimum atomic E-state index is -0.878. The molecule has 3 aliphatic rings. The highest BCUT2D eigenvalue weighted by Gasteiger charge is 2.43. The van der Waals surface area contributed by atoms with Crippen molar-refractivity contribution in [3.63, 3.8) is 0 Å². The Hall–Kier alpha value is -1.30. The summed E-state index contributed by atoms with van der Waals surface area (Å²) in [5.41, 5.74) is 0. The maximum absolute atomic E-state index is 12.6. The Labute approximate surface area is 112 Å². The lowest BCUT2D eigenvalue weighted by atomic mass is 10.1. The van der Waals surface area contributed by atoms with Gasteiger partial charge in [-0.05, 0) is 25.2 Å². The predicted octanol–water partition coefficient (Wildman–Crippen LogP) is 0.766. The van der Waals surface area contributed by atoms with Crippen LogP contribution in [-0.4, -0.2) is 65.3 Å². The molecule has 19 heavy (non-hydrogen) atoms. The number of ether oxygens (including phenoxy) is 1. The number of nitrogens with zero attached hydrogens (tertiary/aromatic N) is 2. The zero-order valence-electron chi connectivity index (χ0n) is 11.0. The van der Waals surface area contributed by atoms with Gasteiger partial charge in [-0.1, -0.05) is 0 Å². The molecule has 0 spiro atoms. The molecule has 3 unspecified atom stereocenters. The second-order valence-corrected chi connectivity index (χ2v) is 5.79. The number of aliphatic carboxylic acids is 1. The summed E-state index contributed by atoms with van der Waals surface area (Å²) >= 11 is 0. The SMILES string of the molecule is O=C(O)CC1COCCN1C(=O)N1CC2CCC1C2. The smallest absolute Gasteiger partial charge is 0.320 e. The zero-order chi connectivity index (χ0) is 13.4. The molecule has 2 amide bonds. The number of carboxylic acid groups (broad SMARTS) is 1. The van der Waals surface area contributed by atoms with Crippen LogP contribution in [0.4, 0.5) is 4.79 Å². The standard InChI is InChI=1S/C13H20N2O4/c16-12(17)6-11-8-19-4-3-14(11)13(18)15-7-9-1-2-10(15)5-9/h9-11H,1-8H2,(H,16,17). The van der Waals surface area contributed by atoms with Crippen LogP contribution < -0.4 is 0 Å². The van der Waals surface area contributed by atoms with Crippen LogP contribution in [0.5, 0.6) is 0 Å². The van der Waals surface area contributed by atoms with Gasteiger partial charge in [-0.2, -0.15) is 0 Å². The van der Waals surface area contributed by atoms with Gasteiger partial charge in [-0.3, -0.25) is 4.79 Å². The number of likely N-dealkylation sites (tertiary alicyclic amines) is 1. The molecule has 2 aliphatic heterocycles. The number of piperidine rings is 1. The Bertz CT molecular complexity index is 387. The van der Waals surface area contributed by atoms with Crippen molar-refractivity contribution in [1.29, 1.82) is 0 Å². The Balaban J connectivity index is 1.68. The molecule has 2 saturated heterocycles. The van der Waals surface area contributed by atoms with Gasteiger partial charge in [0.1, 0.15) is 0 Å². The van der Waals surface area contributed by atoms with E-state index in [0.717, 1.165) is 19.4 Å². The Kier molecular flexibility index (Phi) is 3.35. The van der Waals surface area contributed by atoms with Gasteiger partial charge in [0.15, 0.2) is 0 Å². The van der Waals surface area contributed by atoms with E-state index in [1.807, 2.05) is 4.90 Å². The van der Waals surface area contributed by atoms with Gasteiger partial charge < -0.3 is 19.6 Å². The molecule has 1 saturated carbocycles. The molecule has 3 rings (SSSR count). The van der Waals surface area contributed by atoms with Crippen molar-refractivity contribution in [2.45, 2.75) is 37.8 Å². The van der Waals surface area contributed by atoms with Gasteiger partial charge in [0.25, 0.3) is 0 Å². The average Bonchev–Trinajstić information content (AvgIpc) is 3.00. The van der Waals surface area contributed by atoms with E-state index in [2.05, 4.69) is 0 Å². The van der Waals surface area contributed by atoms with Crippen LogP contribution in [0.1, 0.15) is 25.7 Å². The van der Waals surface area contributed by atoms with Crippen molar-refractivity contribution < 1.29 is 19.4 Å². The van der Waals surface area contributed by atoms with E-state index in [4.69, 9.17) is 9.84 Å². The Morgan fingerprint density at radius 3 is 2.74 bits per heavy atom. The molecule has 0 radical (unpaired) electrons. The molecule has 2 heterocycles. The van der Waals surface area contributed by atoms with E-state index in [0.29, 0.717) is 31.7 Å². The number of urea groups is 1. The summed E-state index contributed by atoms with van der Waals surface area (Å²) in [6.07, 6.45) is 3.42. The highest BCUT2D eigenvalue weighted by Crippen LogP contribution is 2.38. The molecule has 1 aliphatic carbocycles. The number of carboxylic acids is 1. The van der Waals surface area contributed by atoms with Crippen molar-refractivity contribution in [2.24, 2.45) is 5.92 Å². The molecule has 0 aromatic rings. The normalized spacial score (nSPS) is 33.8. The largest absolute Gasteiger partial charge is 0.481 e. The molecule has 6 nitrogen and oxygen atoms in total. The lowest BCUT2D eigenvalue weighted by molar-refractivity contribution is -0.139. The summed E-state index contributed by atoms with van der Waals surface area (Å²) in [5, 5.41) is 8.93. The van der Waals surface area contributed by atoms with Crippen molar-refractivity contribution in [2.75, 3.05) is 26.3 Å². The number of rotatable bonds is 2. The highest BCUT2D eigenvalue weighted by atomic mass is 16.5. The quantitative estimate of drug-likeness (QED) is 0.803. The van der Waals surface area contributed by atoms with Crippen LogP contribution in [-0.2, 0) is 9.53 Å². The maximum atomic E-state index is 12.6. The van der Waals surface area contributed by atoms with Crippen LogP contribution >= 0.6 is 0 Å². The van der Waals surface area contributed by atoms with Gasteiger partial charge in [-0.25, -0.2) is 4.79 Å². The van der Waals surface area contributed by atoms with Crippen molar-refractivity contribution in [3.05, 3.63) is 0 Å². The van der Waals surface area contributed by atoms with E-state index in [1.54, 1.807) is 4.90 Å². The zero-order valence-corrected chi connectivity index (χ0v) is 11.0. The number of hydrogen-bond acceptors (Lipinski definition) is 3. The maximum Gasteiger partial charge on any atom is 0.320 e. The predicted molar refractivity (Wildman–Crippen MR) is 66.8 cm³/mol. The van der Waals surface area contributed by atoms with Gasteiger partial charge in [0.05, 0.1) is 25.7 Å². The summed E-state index contributed by atoms with van der Waals surface area (Å²) in [7, 11) is 0. The lowest BCUT2D eigenvalue weighted by Crippen LogP contribution is -2.55. The summed E-state index contributed by atoms with van der Waals surface area (Å²) in [6.45, 7) is 2.19. The molecule has 0 aromatic heterocycles. The summed E-state index contributed by atoms with van der Waals surface area (Å²) in [5.74, 6) is -0.218. The van der Waals surface area contributed by atoms with E-state index in [1.165, 1.54) is 6.42 Å². The third kappa shape index (κ3) is 2.41. The third-order valence-corrected chi connectivity index (χ3v) is 4.54. The fourth-order valence-electron chi connectivity index (χ4n) is 3.60. The van der Waals surface area contributed by atoms with Gasteiger partial charge in [-0.15, -0.1) is 0 Å². The highest BCUT2D eigenvalue weighted by molar-refractivity contribution is 5.77. The van der Waals surface area contributed by atoms with Crippen molar-refractivity contribution >= 4 is 12.0 Å². The van der Waals surface area contributed by atoms with Crippen LogP contribution in [0.2, 0.25) is 0 Å². The first kappa shape index (κ1) is 12.7. The average molecular weight is 268 g/mol. The third-order valence-electron chi connectivity index (χ3n) is 4.54. The van der Waals surface area contributed by atoms with Crippen LogP contribution in [0, 0.1) is 5.92 Å². The lowest BCUT2D eigenvalue weighted by Gasteiger charge is -2.39. The number of carbonyl (C=O) groups is 2. The minimum absolute atomic E-state index is 0.0155. The number of carbonyl (C=O) groups excluding carboxylic acids is 1. The molecule has 0 aromatic carbocycles. The van der Waals surface area contributed by atoms with E-state index < -0.39 is 5.97 Å². The van der Waals surface area contributed by atoms with Crippen LogP contribution in [0.25, 0.3) is 0 Å². The van der Waals surface area contributed by atoms with E-state index in [9.17, 15) is 9.59 Å². The molecular weight excluding hydrogens is 248 g/mol. The van der Waals surface area contributed by atoms with Crippen LogP contribution in [0.3, 0.4) is 0 Å². The molecule has 1 N–H and O–H groups in total. The first-order valence-corrected chi connectivity index (χ1v) is 7.02. The Morgan fingerprint density at radius 1 is 1.26 bits per heavy atom. The fourth-order valence-corrected chi connectivity index (χ4v) is 3.60. The van der Waals surface area contributed by atoms with Gasteiger partial charge >= 0.3 is 12.0 Å². The van der Waals surface area contributed by atoms with Crippen LogP contribution in [0.15, 0.2) is 0 Å². The first-order valence-electron chi connectivity index (χ1n) is 7.02. The summed E-state index contributed by atoms with van der Waals surface area (Å²) in [6, 6.07) is 0.0745. The molecule has 3 fully saturated rings. The minimum Gasteiger partial charge on any atom is -0.481 e. The van der Waals surface area contributed by atoms with E-state index in [-0.39, 0.29) is 18.5 Å². The van der Waals surface area contributed by atoms with E-state index >= 15 is 0 Å². The Morgan fingerprint density at radius 2 is 2.11 bits per heavy atom. The number of hydrogen-bond donors (Lipinski definition) is 1. The second-order valence-electron chi connectivity index (χ2n) is 5.79. The summed E-state index contributed by atoms with van der Waals surface area (Å²) < 4.78 is 5.31. The fraction of sp³-hybridized carbons (Fsp3) is 0.846. The topological polar surface area (TPSA) is 70.1 Å². The first-order chi connectivity index (χ1) is 9.15. The number of amides is 2. The van der Waals surface area contributed by atoms with Crippen molar-refractivity contribution in [3.8, 4) is 0 Å². The van der Waals surface area contributed by atoms with Crippen molar-refractivity contribution in [1.82, 2.24) is 9.80 Å². The second kappa shape index (κ2) is 5.00. The van der Waals surface area contributed by atoms with Gasteiger partial charge in [0.2, 0.25) is 0 Å². The molecule has 2 bridgehead atoms.